The monoisotopic (exact) mass is 393 g/mol. The Bertz CT molecular complexity index is 1130. The van der Waals surface area contributed by atoms with Crippen molar-refractivity contribution in [3.8, 4) is 23.0 Å². The maximum atomic E-state index is 12.4. The SMILES string of the molecule is CCOC(=O)c1ccc(-c2ccc(C(=O)Nc3nnc(-c4ccco4)o3)o2)cc1. The van der Waals surface area contributed by atoms with E-state index >= 15 is 0 Å². The molecule has 0 spiro atoms. The van der Waals surface area contributed by atoms with Crippen LogP contribution in [-0.4, -0.2) is 28.7 Å². The van der Waals surface area contributed by atoms with E-state index in [1.54, 1.807) is 49.4 Å². The number of benzene rings is 1. The summed E-state index contributed by atoms with van der Waals surface area (Å²) >= 11 is 0. The average Bonchev–Trinajstić information content (AvgIpc) is 3.49. The number of aromatic nitrogens is 2. The average molecular weight is 393 g/mol. The zero-order valence-electron chi connectivity index (χ0n) is 15.2. The molecule has 4 rings (SSSR count). The summed E-state index contributed by atoms with van der Waals surface area (Å²) < 4.78 is 21.0. The number of esters is 1. The first-order chi connectivity index (χ1) is 14.1. The van der Waals surface area contributed by atoms with Crippen LogP contribution < -0.4 is 5.32 Å². The topological polar surface area (TPSA) is 121 Å². The summed E-state index contributed by atoms with van der Waals surface area (Å²) in [4.78, 5) is 24.1. The molecule has 0 aliphatic rings. The summed E-state index contributed by atoms with van der Waals surface area (Å²) in [5.41, 5.74) is 1.14. The van der Waals surface area contributed by atoms with Gasteiger partial charge in [0.25, 0.3) is 11.8 Å². The molecule has 0 radical (unpaired) electrons. The number of nitrogens with one attached hydrogen (secondary N) is 1. The molecule has 146 valence electrons. The molecule has 3 aromatic heterocycles. The molecule has 0 aliphatic heterocycles. The van der Waals surface area contributed by atoms with Gasteiger partial charge in [-0.2, -0.15) is 0 Å². The minimum absolute atomic E-state index is 0.0622. The van der Waals surface area contributed by atoms with E-state index in [0.29, 0.717) is 29.3 Å². The molecule has 3 heterocycles. The van der Waals surface area contributed by atoms with Gasteiger partial charge in [-0.05, 0) is 43.3 Å². The fraction of sp³-hybridized carbons (Fsp3) is 0.100. The van der Waals surface area contributed by atoms with Crippen molar-refractivity contribution < 1.29 is 27.6 Å². The molecule has 0 unspecified atom stereocenters. The largest absolute Gasteiger partial charge is 0.462 e. The Morgan fingerprint density at radius 3 is 2.55 bits per heavy atom. The van der Waals surface area contributed by atoms with Crippen molar-refractivity contribution in [2.45, 2.75) is 6.92 Å². The summed E-state index contributed by atoms with van der Waals surface area (Å²) in [5.74, 6) is 0.123. The second kappa shape index (κ2) is 7.85. The Balaban J connectivity index is 1.44. The fourth-order valence-corrected chi connectivity index (χ4v) is 2.53. The first-order valence-corrected chi connectivity index (χ1v) is 8.70. The zero-order valence-corrected chi connectivity index (χ0v) is 15.2. The number of hydrogen-bond donors (Lipinski definition) is 1. The zero-order chi connectivity index (χ0) is 20.2. The van der Waals surface area contributed by atoms with E-state index in [0.717, 1.165) is 0 Å². The van der Waals surface area contributed by atoms with Gasteiger partial charge in [-0.15, -0.1) is 5.10 Å². The molecule has 1 aromatic carbocycles. The Kier molecular flexibility index (Phi) is 4.93. The predicted octanol–water partition coefficient (Wildman–Crippen LogP) is 4.02. The number of nitrogens with zero attached hydrogens (tertiary/aromatic N) is 2. The standard InChI is InChI=1S/C20H15N3O6/c1-2-26-19(25)13-7-5-12(6-8-13)14-9-10-15(28-14)17(24)21-20-23-22-18(29-20)16-4-3-11-27-16/h3-11H,2H2,1H3,(H,21,23,24). The third kappa shape index (κ3) is 3.93. The van der Waals surface area contributed by atoms with Gasteiger partial charge >= 0.3 is 12.0 Å². The molecular weight excluding hydrogens is 378 g/mol. The van der Waals surface area contributed by atoms with Gasteiger partial charge < -0.3 is 18.0 Å². The van der Waals surface area contributed by atoms with Crippen LogP contribution in [-0.2, 0) is 4.74 Å². The van der Waals surface area contributed by atoms with Crippen LogP contribution >= 0.6 is 0 Å². The smallest absolute Gasteiger partial charge is 0.338 e. The molecule has 0 saturated carbocycles. The highest BCUT2D eigenvalue weighted by atomic mass is 16.5. The van der Waals surface area contributed by atoms with Crippen molar-refractivity contribution in [2.75, 3.05) is 11.9 Å². The maximum Gasteiger partial charge on any atom is 0.338 e. The predicted molar refractivity (Wildman–Crippen MR) is 100 cm³/mol. The van der Waals surface area contributed by atoms with Gasteiger partial charge in [-0.25, -0.2) is 4.79 Å². The molecule has 1 N–H and O–H groups in total. The second-order valence-corrected chi connectivity index (χ2v) is 5.81. The molecule has 9 nitrogen and oxygen atoms in total. The molecule has 0 aliphatic carbocycles. The van der Waals surface area contributed by atoms with Crippen LogP contribution in [0.4, 0.5) is 6.01 Å². The van der Waals surface area contributed by atoms with Crippen molar-refractivity contribution in [3.05, 3.63) is 66.1 Å². The highest BCUT2D eigenvalue weighted by molar-refractivity contribution is 6.01. The Morgan fingerprint density at radius 2 is 1.83 bits per heavy atom. The molecule has 0 fully saturated rings. The Morgan fingerprint density at radius 1 is 1.00 bits per heavy atom. The highest BCUT2D eigenvalue weighted by Crippen LogP contribution is 2.24. The number of carbonyl (C=O) groups is 2. The fourth-order valence-electron chi connectivity index (χ4n) is 2.53. The number of carbonyl (C=O) groups excluding carboxylic acids is 2. The van der Waals surface area contributed by atoms with Crippen molar-refractivity contribution in [1.82, 2.24) is 10.2 Å². The molecule has 29 heavy (non-hydrogen) atoms. The summed E-state index contributed by atoms with van der Waals surface area (Å²) in [6, 6.07) is 13.1. The first-order valence-electron chi connectivity index (χ1n) is 8.70. The maximum absolute atomic E-state index is 12.4. The van der Waals surface area contributed by atoms with Crippen LogP contribution in [0.2, 0.25) is 0 Å². The Labute approximate surface area is 164 Å². The molecule has 9 heteroatoms. The van der Waals surface area contributed by atoms with Crippen molar-refractivity contribution in [3.63, 3.8) is 0 Å². The number of furan rings is 2. The van der Waals surface area contributed by atoms with E-state index in [4.69, 9.17) is 18.0 Å². The van der Waals surface area contributed by atoms with Gasteiger partial charge in [-0.3, -0.25) is 10.1 Å². The molecule has 0 saturated heterocycles. The molecule has 4 aromatic rings. The normalized spacial score (nSPS) is 10.7. The lowest BCUT2D eigenvalue weighted by atomic mass is 10.1. The van der Waals surface area contributed by atoms with Crippen molar-refractivity contribution in [1.29, 1.82) is 0 Å². The van der Waals surface area contributed by atoms with Crippen LogP contribution in [0.1, 0.15) is 27.8 Å². The number of ether oxygens (including phenoxy) is 1. The molecule has 1 amide bonds. The number of amides is 1. The minimum Gasteiger partial charge on any atom is -0.462 e. The van der Waals surface area contributed by atoms with Crippen LogP contribution in [0.5, 0.6) is 0 Å². The second-order valence-electron chi connectivity index (χ2n) is 5.81. The van der Waals surface area contributed by atoms with Crippen LogP contribution in [0.15, 0.2) is 68.0 Å². The van der Waals surface area contributed by atoms with E-state index in [-0.39, 0.29) is 17.7 Å². The van der Waals surface area contributed by atoms with Gasteiger partial charge in [0.15, 0.2) is 11.5 Å². The Hall–Kier alpha value is -4.14. The lowest BCUT2D eigenvalue weighted by molar-refractivity contribution is 0.0526. The third-order valence-corrected chi connectivity index (χ3v) is 3.89. The van der Waals surface area contributed by atoms with Gasteiger partial charge in [0, 0.05) is 5.56 Å². The third-order valence-electron chi connectivity index (χ3n) is 3.89. The summed E-state index contributed by atoms with van der Waals surface area (Å²) in [6.45, 7) is 2.05. The van der Waals surface area contributed by atoms with E-state index < -0.39 is 11.9 Å². The molecule has 0 bridgehead atoms. The first kappa shape index (κ1) is 18.2. The molecular formula is C20H15N3O6. The minimum atomic E-state index is -0.547. The van der Waals surface area contributed by atoms with E-state index in [9.17, 15) is 9.59 Å². The van der Waals surface area contributed by atoms with E-state index in [2.05, 4.69) is 15.5 Å². The van der Waals surface area contributed by atoms with Gasteiger partial charge in [0.1, 0.15) is 5.76 Å². The summed E-state index contributed by atoms with van der Waals surface area (Å²) in [6.07, 6.45) is 1.47. The van der Waals surface area contributed by atoms with E-state index in [1.807, 2.05) is 0 Å². The quantitative estimate of drug-likeness (QED) is 0.488. The van der Waals surface area contributed by atoms with Crippen molar-refractivity contribution >= 4 is 17.9 Å². The number of hydrogen-bond acceptors (Lipinski definition) is 8. The molecule has 0 atom stereocenters. The lowest BCUT2D eigenvalue weighted by Crippen LogP contribution is -2.11. The highest BCUT2D eigenvalue weighted by Gasteiger charge is 2.17. The number of rotatable bonds is 6. The van der Waals surface area contributed by atoms with Crippen LogP contribution in [0, 0.1) is 0 Å². The summed E-state index contributed by atoms with van der Waals surface area (Å²) in [5, 5.41) is 10.0. The van der Waals surface area contributed by atoms with E-state index in [1.165, 1.54) is 12.3 Å². The van der Waals surface area contributed by atoms with Crippen molar-refractivity contribution in [2.24, 2.45) is 0 Å². The van der Waals surface area contributed by atoms with Crippen LogP contribution in [0.3, 0.4) is 0 Å². The summed E-state index contributed by atoms with van der Waals surface area (Å²) in [7, 11) is 0. The van der Waals surface area contributed by atoms with Gasteiger partial charge in [-0.1, -0.05) is 17.2 Å². The van der Waals surface area contributed by atoms with Crippen LogP contribution in [0.25, 0.3) is 23.0 Å². The lowest BCUT2D eigenvalue weighted by Gasteiger charge is -2.02. The van der Waals surface area contributed by atoms with Gasteiger partial charge in [0.2, 0.25) is 0 Å². The number of anilines is 1. The van der Waals surface area contributed by atoms with Gasteiger partial charge in [0.05, 0.1) is 18.4 Å².